The summed E-state index contributed by atoms with van der Waals surface area (Å²) in [6.07, 6.45) is -1.25. The number of carbonyl (C=O) groups is 1. The van der Waals surface area contributed by atoms with Crippen LogP contribution in [0.2, 0.25) is 0 Å². The van der Waals surface area contributed by atoms with Gasteiger partial charge in [0.2, 0.25) is 5.95 Å². The van der Waals surface area contributed by atoms with Gasteiger partial charge in [-0.25, -0.2) is 14.2 Å². The van der Waals surface area contributed by atoms with Crippen molar-refractivity contribution >= 4 is 17.1 Å². The average Bonchev–Trinajstić information content (AvgIpc) is 2.59. The van der Waals surface area contributed by atoms with Crippen molar-refractivity contribution < 1.29 is 23.1 Å². The second kappa shape index (κ2) is 6.79. The Balaban J connectivity index is 2.37. The lowest BCUT2D eigenvalue weighted by Gasteiger charge is -2.16. The van der Waals surface area contributed by atoms with Crippen LogP contribution >= 0.6 is 0 Å². The number of aromatic nitrogens is 1. The number of hydrogen-bond donors (Lipinski definition) is 2. The van der Waals surface area contributed by atoms with Crippen LogP contribution in [0, 0.1) is 25.6 Å². The number of halogens is 2. The maximum Gasteiger partial charge on any atom is 0.405 e. The molecule has 6 nitrogen and oxygen atoms in total. The molecule has 0 spiro atoms. The zero-order valence-corrected chi connectivity index (χ0v) is 14.8. The van der Waals surface area contributed by atoms with Crippen LogP contribution in [0.3, 0.4) is 0 Å². The smallest absolute Gasteiger partial charge is 0.405 e. The van der Waals surface area contributed by atoms with E-state index in [1.165, 1.54) is 6.92 Å². The lowest BCUT2D eigenvalue weighted by molar-refractivity contribution is 0.191. The molecule has 0 fully saturated rings. The number of carboxylic acid groups (broad SMARTS) is 1. The zero-order valence-electron chi connectivity index (χ0n) is 14.8. The van der Waals surface area contributed by atoms with Gasteiger partial charge in [0.25, 0.3) is 0 Å². The highest BCUT2D eigenvalue weighted by atomic mass is 19.1. The molecule has 1 amide bonds. The second-order valence-corrected chi connectivity index (χ2v) is 6.25. The van der Waals surface area contributed by atoms with Gasteiger partial charge in [-0.1, -0.05) is 6.07 Å². The molecule has 1 atom stereocenters. The summed E-state index contributed by atoms with van der Waals surface area (Å²) < 4.78 is 33.5. The lowest BCUT2D eigenvalue weighted by Crippen LogP contribution is -2.25. The summed E-state index contributed by atoms with van der Waals surface area (Å²) in [5.74, 6) is -1.96. The second-order valence-electron chi connectivity index (χ2n) is 6.25. The standard InChI is InChI=1S/C19H16F2N2O4/c1-8-6-11(10(3)22-19(25)26)18-12(7-8)16(24)9(2)17(27-18)15-13(20)4-5-14(21)23-15/h4-7,10,22H,1-3H3,(H,25,26)/t10-/m1/s1. The highest BCUT2D eigenvalue weighted by Gasteiger charge is 2.22. The molecule has 0 bridgehead atoms. The summed E-state index contributed by atoms with van der Waals surface area (Å²) in [6.45, 7) is 4.78. The summed E-state index contributed by atoms with van der Waals surface area (Å²) in [5.41, 5.74) is 0.461. The molecule has 0 aliphatic heterocycles. The van der Waals surface area contributed by atoms with Gasteiger partial charge in [0, 0.05) is 11.1 Å². The fraction of sp³-hybridized carbons (Fsp3) is 0.211. The van der Waals surface area contributed by atoms with E-state index in [2.05, 4.69) is 10.3 Å². The third-order valence-electron chi connectivity index (χ3n) is 4.23. The fourth-order valence-corrected chi connectivity index (χ4v) is 2.96. The molecule has 8 heteroatoms. The zero-order chi connectivity index (χ0) is 19.9. The molecule has 3 aromatic rings. The number of benzene rings is 1. The molecule has 0 saturated heterocycles. The van der Waals surface area contributed by atoms with Crippen LogP contribution in [0.1, 0.15) is 29.7 Å². The molecular weight excluding hydrogens is 358 g/mol. The van der Waals surface area contributed by atoms with Gasteiger partial charge in [-0.3, -0.25) is 4.79 Å². The number of fused-ring (bicyclic) bond motifs is 1. The number of rotatable bonds is 3. The van der Waals surface area contributed by atoms with Crippen molar-refractivity contribution in [3.8, 4) is 11.5 Å². The number of nitrogens with zero attached hydrogens (tertiary/aromatic N) is 1. The van der Waals surface area contributed by atoms with Crippen LogP contribution < -0.4 is 10.7 Å². The molecule has 1 aromatic carbocycles. The Morgan fingerprint density at radius 1 is 1.26 bits per heavy atom. The molecule has 2 aromatic heterocycles. The predicted octanol–water partition coefficient (Wildman–Crippen LogP) is 4.08. The molecule has 0 aliphatic rings. The summed E-state index contributed by atoms with van der Waals surface area (Å²) >= 11 is 0. The largest absolute Gasteiger partial charge is 0.465 e. The minimum Gasteiger partial charge on any atom is -0.465 e. The number of aryl methyl sites for hydroxylation is 1. The van der Waals surface area contributed by atoms with Crippen molar-refractivity contribution in [3.05, 3.63) is 62.9 Å². The quantitative estimate of drug-likeness (QED) is 0.674. The Morgan fingerprint density at radius 2 is 1.96 bits per heavy atom. The van der Waals surface area contributed by atoms with Gasteiger partial charge in [0.05, 0.1) is 11.4 Å². The fourth-order valence-electron chi connectivity index (χ4n) is 2.96. The molecule has 0 radical (unpaired) electrons. The summed E-state index contributed by atoms with van der Waals surface area (Å²) in [6, 6.07) is 4.33. The van der Waals surface area contributed by atoms with Crippen LogP contribution in [0.4, 0.5) is 13.6 Å². The van der Waals surface area contributed by atoms with Crippen LogP contribution in [0.15, 0.2) is 33.5 Å². The molecule has 2 heterocycles. The molecule has 2 N–H and O–H groups in total. The Morgan fingerprint density at radius 3 is 2.63 bits per heavy atom. The van der Waals surface area contributed by atoms with Crippen LogP contribution in [-0.4, -0.2) is 16.2 Å². The molecule has 0 unspecified atom stereocenters. The molecule has 27 heavy (non-hydrogen) atoms. The van der Waals surface area contributed by atoms with Gasteiger partial charge in [-0.15, -0.1) is 0 Å². The molecule has 0 aliphatic carbocycles. The molecule has 140 valence electrons. The molecular formula is C19H16F2N2O4. The number of nitrogens with one attached hydrogen (secondary N) is 1. The lowest BCUT2D eigenvalue weighted by atomic mass is 9.99. The minimum absolute atomic E-state index is 0.0786. The first-order valence-electron chi connectivity index (χ1n) is 8.09. The van der Waals surface area contributed by atoms with Gasteiger partial charge in [0.1, 0.15) is 11.3 Å². The third kappa shape index (κ3) is 3.38. The van der Waals surface area contributed by atoms with Gasteiger partial charge >= 0.3 is 6.09 Å². The maximum atomic E-state index is 14.2. The first-order chi connectivity index (χ1) is 12.7. The van der Waals surface area contributed by atoms with E-state index in [-0.39, 0.29) is 22.3 Å². The third-order valence-corrected chi connectivity index (χ3v) is 4.23. The number of pyridine rings is 1. The van der Waals surface area contributed by atoms with Gasteiger partial charge in [0.15, 0.2) is 17.0 Å². The highest BCUT2D eigenvalue weighted by Crippen LogP contribution is 2.31. The van der Waals surface area contributed by atoms with E-state index in [1.54, 1.807) is 26.0 Å². The van der Waals surface area contributed by atoms with Gasteiger partial charge in [-0.2, -0.15) is 4.39 Å². The van der Waals surface area contributed by atoms with E-state index in [1.807, 2.05) is 0 Å². The van der Waals surface area contributed by atoms with Crippen molar-refractivity contribution in [2.24, 2.45) is 0 Å². The normalized spacial score (nSPS) is 12.2. The van der Waals surface area contributed by atoms with E-state index in [0.717, 1.165) is 17.7 Å². The monoisotopic (exact) mass is 374 g/mol. The van der Waals surface area contributed by atoms with Crippen molar-refractivity contribution in [1.29, 1.82) is 0 Å². The van der Waals surface area contributed by atoms with E-state index in [4.69, 9.17) is 9.52 Å². The van der Waals surface area contributed by atoms with Crippen molar-refractivity contribution in [1.82, 2.24) is 10.3 Å². The highest BCUT2D eigenvalue weighted by molar-refractivity contribution is 5.84. The van der Waals surface area contributed by atoms with Crippen molar-refractivity contribution in [2.75, 3.05) is 0 Å². The first-order valence-corrected chi connectivity index (χ1v) is 8.09. The summed E-state index contributed by atoms with van der Waals surface area (Å²) in [5, 5.41) is 11.5. The van der Waals surface area contributed by atoms with E-state index in [9.17, 15) is 18.4 Å². The Labute approximate surface area is 152 Å². The summed E-state index contributed by atoms with van der Waals surface area (Å²) in [7, 11) is 0. The predicted molar refractivity (Wildman–Crippen MR) is 94.7 cm³/mol. The SMILES string of the molecule is Cc1cc([C@@H](C)NC(=O)O)c2oc(-c3nc(F)ccc3F)c(C)c(=O)c2c1. The number of amides is 1. The topological polar surface area (TPSA) is 92.4 Å². The average molecular weight is 374 g/mol. The van der Waals surface area contributed by atoms with E-state index >= 15 is 0 Å². The van der Waals surface area contributed by atoms with Crippen molar-refractivity contribution in [2.45, 2.75) is 26.8 Å². The van der Waals surface area contributed by atoms with Crippen LogP contribution in [0.25, 0.3) is 22.4 Å². The Kier molecular flexibility index (Phi) is 4.65. The maximum absolute atomic E-state index is 14.2. The Hall–Kier alpha value is -3.29. The summed E-state index contributed by atoms with van der Waals surface area (Å²) in [4.78, 5) is 27.3. The van der Waals surface area contributed by atoms with Crippen LogP contribution in [0.5, 0.6) is 0 Å². The van der Waals surface area contributed by atoms with Crippen molar-refractivity contribution in [3.63, 3.8) is 0 Å². The van der Waals surface area contributed by atoms with E-state index < -0.39 is 35.0 Å². The van der Waals surface area contributed by atoms with Gasteiger partial charge < -0.3 is 14.8 Å². The molecule has 0 saturated carbocycles. The number of hydrogen-bond acceptors (Lipinski definition) is 4. The van der Waals surface area contributed by atoms with Gasteiger partial charge in [-0.05, 0) is 44.5 Å². The molecule has 3 rings (SSSR count). The van der Waals surface area contributed by atoms with E-state index in [0.29, 0.717) is 5.56 Å². The first kappa shape index (κ1) is 18.5. The minimum atomic E-state index is -1.25. The Bertz CT molecular complexity index is 1120. The van der Waals surface area contributed by atoms with Crippen LogP contribution in [-0.2, 0) is 0 Å².